The van der Waals surface area contributed by atoms with E-state index in [4.69, 9.17) is 4.74 Å². The first-order valence-corrected chi connectivity index (χ1v) is 10.5. The molecule has 0 bridgehead atoms. The van der Waals surface area contributed by atoms with E-state index < -0.39 is 0 Å². The summed E-state index contributed by atoms with van der Waals surface area (Å²) in [6, 6.07) is 14.3. The van der Waals surface area contributed by atoms with Crippen LogP contribution < -0.4 is 15.4 Å². The van der Waals surface area contributed by atoms with Gasteiger partial charge in [-0.3, -0.25) is 4.79 Å². The zero-order valence-corrected chi connectivity index (χ0v) is 15.9. The van der Waals surface area contributed by atoms with Crippen LogP contribution in [0.15, 0.2) is 42.5 Å². The van der Waals surface area contributed by atoms with Gasteiger partial charge >= 0.3 is 0 Å². The SMILES string of the molecule is CCOc1cccc(/C=C2\C(=O)Nc3ccc(P(CC)CC)cc32)c1. The highest BCUT2D eigenvalue weighted by Gasteiger charge is 2.25. The van der Waals surface area contributed by atoms with E-state index in [1.165, 1.54) is 17.6 Å². The van der Waals surface area contributed by atoms with Crippen LogP contribution in [0, 0.1) is 0 Å². The lowest BCUT2D eigenvalue weighted by atomic mass is 10.0. The second-order valence-corrected chi connectivity index (χ2v) is 8.78. The number of carbonyl (C=O) groups excluding carboxylic acids is 1. The molecule has 25 heavy (non-hydrogen) atoms. The molecule has 1 amide bonds. The van der Waals surface area contributed by atoms with Crippen molar-refractivity contribution < 1.29 is 9.53 Å². The first kappa shape index (κ1) is 17.7. The van der Waals surface area contributed by atoms with Crippen molar-refractivity contribution in [3.05, 3.63) is 53.6 Å². The molecule has 1 aliphatic heterocycles. The van der Waals surface area contributed by atoms with Crippen LogP contribution in [0.4, 0.5) is 5.69 Å². The number of rotatable bonds is 6. The van der Waals surface area contributed by atoms with Gasteiger partial charge in [-0.2, -0.15) is 0 Å². The molecule has 130 valence electrons. The fourth-order valence-corrected chi connectivity index (χ4v) is 4.91. The number of hydrogen-bond donors (Lipinski definition) is 1. The van der Waals surface area contributed by atoms with Gasteiger partial charge in [-0.15, -0.1) is 0 Å². The van der Waals surface area contributed by atoms with E-state index in [1.54, 1.807) is 0 Å². The standard InChI is InChI=1S/C21H24NO2P/c1-4-24-16-9-7-8-15(12-16)13-19-18-14-17(25(5-2)6-3)10-11-20(18)22-21(19)23/h7-14H,4-6H2,1-3H3,(H,22,23)/b19-13-. The number of benzene rings is 2. The van der Waals surface area contributed by atoms with Gasteiger partial charge in [0.15, 0.2) is 0 Å². The Labute approximate surface area is 150 Å². The molecule has 3 rings (SSSR count). The monoisotopic (exact) mass is 353 g/mol. The summed E-state index contributed by atoms with van der Waals surface area (Å²) in [6.45, 7) is 7.07. The highest BCUT2D eigenvalue weighted by molar-refractivity contribution is 7.65. The Morgan fingerprint density at radius 3 is 2.60 bits per heavy atom. The maximum absolute atomic E-state index is 12.5. The molecule has 0 atom stereocenters. The third-order valence-corrected chi connectivity index (χ3v) is 6.93. The number of anilines is 1. The van der Waals surface area contributed by atoms with Crippen molar-refractivity contribution >= 4 is 36.5 Å². The van der Waals surface area contributed by atoms with Crippen molar-refractivity contribution in [1.29, 1.82) is 0 Å². The van der Waals surface area contributed by atoms with Crippen molar-refractivity contribution in [3.63, 3.8) is 0 Å². The van der Waals surface area contributed by atoms with Crippen LogP contribution in [0.3, 0.4) is 0 Å². The van der Waals surface area contributed by atoms with E-state index in [0.29, 0.717) is 6.61 Å². The van der Waals surface area contributed by atoms with Gasteiger partial charge < -0.3 is 10.1 Å². The summed E-state index contributed by atoms with van der Waals surface area (Å²) in [6.07, 6.45) is 4.29. The molecule has 2 aromatic carbocycles. The average Bonchev–Trinajstić information content (AvgIpc) is 2.92. The highest BCUT2D eigenvalue weighted by Crippen LogP contribution is 2.38. The van der Waals surface area contributed by atoms with Gasteiger partial charge in [-0.05, 0) is 60.5 Å². The first-order valence-electron chi connectivity index (χ1n) is 8.81. The van der Waals surface area contributed by atoms with Gasteiger partial charge in [0.05, 0.1) is 6.61 Å². The summed E-state index contributed by atoms with van der Waals surface area (Å²) < 4.78 is 5.56. The predicted molar refractivity (Wildman–Crippen MR) is 108 cm³/mol. The number of amides is 1. The lowest BCUT2D eigenvalue weighted by Crippen LogP contribution is -2.04. The Balaban J connectivity index is 2.00. The Kier molecular flexibility index (Phi) is 5.55. The number of hydrogen-bond acceptors (Lipinski definition) is 2. The minimum absolute atomic E-state index is 0.0358. The number of nitrogens with one attached hydrogen (secondary N) is 1. The smallest absolute Gasteiger partial charge is 0.256 e. The minimum atomic E-state index is -0.147. The molecule has 1 aliphatic rings. The minimum Gasteiger partial charge on any atom is -0.494 e. The van der Waals surface area contributed by atoms with E-state index in [1.807, 2.05) is 43.3 Å². The van der Waals surface area contributed by atoms with E-state index >= 15 is 0 Å². The summed E-state index contributed by atoms with van der Waals surface area (Å²) >= 11 is 0. The van der Waals surface area contributed by atoms with Crippen molar-refractivity contribution in [1.82, 2.24) is 0 Å². The molecule has 1 N–H and O–H groups in total. The maximum Gasteiger partial charge on any atom is 0.256 e. The Morgan fingerprint density at radius 1 is 1.08 bits per heavy atom. The van der Waals surface area contributed by atoms with Crippen LogP contribution in [-0.2, 0) is 4.79 Å². The molecule has 4 heteroatoms. The summed E-state index contributed by atoms with van der Waals surface area (Å²) in [5.41, 5.74) is 3.62. The van der Waals surface area contributed by atoms with E-state index in [-0.39, 0.29) is 13.8 Å². The van der Waals surface area contributed by atoms with Gasteiger partial charge in [0.2, 0.25) is 0 Å². The van der Waals surface area contributed by atoms with Crippen LogP contribution in [0.25, 0.3) is 11.6 Å². The number of fused-ring (bicyclic) bond motifs is 1. The van der Waals surface area contributed by atoms with E-state index in [0.717, 1.165) is 28.1 Å². The Bertz CT molecular complexity index is 809. The van der Waals surface area contributed by atoms with Crippen molar-refractivity contribution in [2.75, 3.05) is 24.2 Å². The molecule has 2 aromatic rings. The van der Waals surface area contributed by atoms with Gasteiger partial charge in [-0.25, -0.2) is 0 Å². The largest absolute Gasteiger partial charge is 0.494 e. The molecular weight excluding hydrogens is 329 g/mol. The fraction of sp³-hybridized carbons (Fsp3) is 0.286. The summed E-state index contributed by atoms with van der Waals surface area (Å²) in [4.78, 5) is 12.5. The topological polar surface area (TPSA) is 38.3 Å². The lowest BCUT2D eigenvalue weighted by Gasteiger charge is -2.14. The molecular formula is C21H24NO2P. The molecule has 3 nitrogen and oxygen atoms in total. The normalized spacial score (nSPS) is 14.7. The predicted octanol–water partition coefficient (Wildman–Crippen LogP) is 4.73. The third kappa shape index (κ3) is 3.77. The second kappa shape index (κ2) is 7.84. The maximum atomic E-state index is 12.5. The quantitative estimate of drug-likeness (QED) is 0.602. The van der Waals surface area contributed by atoms with Crippen LogP contribution in [0.2, 0.25) is 0 Å². The zero-order chi connectivity index (χ0) is 17.8. The average molecular weight is 353 g/mol. The zero-order valence-electron chi connectivity index (χ0n) is 15.0. The van der Waals surface area contributed by atoms with Crippen molar-refractivity contribution in [3.8, 4) is 5.75 Å². The van der Waals surface area contributed by atoms with Crippen LogP contribution in [0.5, 0.6) is 5.75 Å². The van der Waals surface area contributed by atoms with Crippen molar-refractivity contribution in [2.45, 2.75) is 20.8 Å². The van der Waals surface area contributed by atoms with Crippen LogP contribution in [-0.4, -0.2) is 24.8 Å². The van der Waals surface area contributed by atoms with Crippen LogP contribution >= 0.6 is 7.92 Å². The molecule has 0 aromatic heterocycles. The molecule has 0 aliphatic carbocycles. The summed E-state index contributed by atoms with van der Waals surface area (Å²) in [7, 11) is -0.147. The molecule has 0 fully saturated rings. The highest BCUT2D eigenvalue weighted by atomic mass is 31.1. The van der Waals surface area contributed by atoms with Crippen LogP contribution in [0.1, 0.15) is 31.9 Å². The number of carbonyl (C=O) groups is 1. The molecule has 0 saturated heterocycles. The van der Waals surface area contributed by atoms with E-state index in [2.05, 4.69) is 31.3 Å². The van der Waals surface area contributed by atoms with Gasteiger partial charge in [0, 0.05) is 16.8 Å². The number of ether oxygens (including phenoxy) is 1. The first-order chi connectivity index (χ1) is 12.2. The Hall–Kier alpha value is -2.12. The van der Waals surface area contributed by atoms with Gasteiger partial charge in [0.1, 0.15) is 5.75 Å². The third-order valence-electron chi connectivity index (χ3n) is 4.39. The molecule has 1 heterocycles. The molecule has 0 radical (unpaired) electrons. The molecule has 0 unspecified atom stereocenters. The molecule has 0 spiro atoms. The summed E-state index contributed by atoms with van der Waals surface area (Å²) in [5, 5.41) is 4.34. The second-order valence-electron chi connectivity index (χ2n) is 5.92. The van der Waals surface area contributed by atoms with Gasteiger partial charge in [-0.1, -0.05) is 40.0 Å². The summed E-state index contributed by atoms with van der Waals surface area (Å²) in [5.74, 6) is 0.788. The van der Waals surface area contributed by atoms with Crippen molar-refractivity contribution in [2.24, 2.45) is 0 Å². The Morgan fingerprint density at radius 2 is 1.88 bits per heavy atom. The lowest BCUT2D eigenvalue weighted by molar-refractivity contribution is -0.110. The fourth-order valence-electron chi connectivity index (χ4n) is 3.13. The van der Waals surface area contributed by atoms with Gasteiger partial charge in [0.25, 0.3) is 5.91 Å². The van der Waals surface area contributed by atoms with E-state index in [9.17, 15) is 4.79 Å². The molecule has 0 saturated carbocycles.